The molecule has 0 N–H and O–H groups in total. The number of nitrogens with zero attached hydrogens (tertiary/aromatic N) is 1. The van der Waals surface area contributed by atoms with Crippen molar-refractivity contribution in [1.29, 1.82) is 0 Å². The molecule has 1 fully saturated rings. The van der Waals surface area contributed by atoms with Gasteiger partial charge >= 0.3 is 0 Å². The number of aryl methyl sites for hydroxylation is 1. The normalized spacial score (nSPS) is 27.5. The second-order valence-electron chi connectivity index (χ2n) is 10.7. The molecule has 0 heterocycles. The van der Waals surface area contributed by atoms with Gasteiger partial charge in [0.1, 0.15) is 0 Å². The smallest absolute Gasteiger partial charge is 0.0507 e. The Morgan fingerprint density at radius 3 is 2.25 bits per heavy atom. The number of benzene rings is 1. The maximum atomic E-state index is 5.33. The van der Waals surface area contributed by atoms with Gasteiger partial charge in [0.25, 0.3) is 0 Å². The molecule has 2 atom stereocenters. The van der Waals surface area contributed by atoms with Crippen LogP contribution in [-0.4, -0.2) is 5.71 Å². The molecule has 0 aromatic heterocycles. The summed E-state index contributed by atoms with van der Waals surface area (Å²) in [6, 6.07) is 8.68. The van der Waals surface area contributed by atoms with Crippen molar-refractivity contribution in [2.75, 3.05) is 0 Å². The van der Waals surface area contributed by atoms with Crippen molar-refractivity contribution in [2.24, 2.45) is 33.6 Å². The zero-order valence-electron chi connectivity index (χ0n) is 19.5. The van der Waals surface area contributed by atoms with Crippen LogP contribution < -0.4 is 0 Å². The van der Waals surface area contributed by atoms with Gasteiger partial charge in [-0.1, -0.05) is 84.4 Å². The average molecular weight is 378 g/mol. The van der Waals surface area contributed by atoms with E-state index in [9.17, 15) is 0 Å². The Hall–Kier alpha value is -1.63. The van der Waals surface area contributed by atoms with Crippen LogP contribution in [0.2, 0.25) is 0 Å². The maximum Gasteiger partial charge on any atom is 0.0507 e. The predicted octanol–water partition coefficient (Wildman–Crippen LogP) is 7.75. The zero-order valence-corrected chi connectivity index (χ0v) is 19.5. The molecule has 1 aromatic carbocycles. The fraction of sp³-hybridized carbons (Fsp3) is 0.593. The summed E-state index contributed by atoms with van der Waals surface area (Å²) < 4.78 is 0. The first-order valence-electron chi connectivity index (χ1n) is 11.0. The minimum Gasteiger partial charge on any atom is -0.257 e. The largest absolute Gasteiger partial charge is 0.257 e. The molecule has 0 amide bonds. The molecule has 1 saturated carbocycles. The van der Waals surface area contributed by atoms with E-state index in [-0.39, 0.29) is 5.41 Å². The SMILES string of the molecule is CC1=C(N=C(c2ccccc2C)C(C)C)CC2C(=C1)C(C)(C)CC2(C)C(C)C. The van der Waals surface area contributed by atoms with Crippen molar-refractivity contribution in [3.63, 3.8) is 0 Å². The summed E-state index contributed by atoms with van der Waals surface area (Å²) in [6.07, 6.45) is 4.83. The van der Waals surface area contributed by atoms with Crippen LogP contribution in [0.4, 0.5) is 0 Å². The summed E-state index contributed by atoms with van der Waals surface area (Å²) >= 11 is 0. The molecule has 1 heteroatoms. The molecule has 1 nitrogen and oxygen atoms in total. The molecule has 3 rings (SSSR count). The average Bonchev–Trinajstić information content (AvgIpc) is 2.80. The van der Waals surface area contributed by atoms with Crippen molar-refractivity contribution in [2.45, 2.75) is 75.2 Å². The maximum absolute atomic E-state index is 5.33. The molecule has 0 bridgehead atoms. The van der Waals surface area contributed by atoms with Gasteiger partial charge in [0.2, 0.25) is 0 Å². The van der Waals surface area contributed by atoms with E-state index in [4.69, 9.17) is 4.99 Å². The number of fused-ring (bicyclic) bond motifs is 1. The Bertz CT molecular complexity index is 847. The minimum absolute atomic E-state index is 0.289. The fourth-order valence-corrected chi connectivity index (χ4v) is 5.56. The molecule has 0 radical (unpaired) electrons. The number of rotatable bonds is 4. The number of allylic oxidation sites excluding steroid dienone is 4. The highest BCUT2D eigenvalue weighted by atomic mass is 14.8. The second-order valence-corrected chi connectivity index (χ2v) is 10.7. The molecule has 0 saturated heterocycles. The van der Waals surface area contributed by atoms with Crippen LogP contribution >= 0.6 is 0 Å². The number of hydrogen-bond acceptors (Lipinski definition) is 1. The Balaban J connectivity index is 2.09. The molecule has 28 heavy (non-hydrogen) atoms. The highest BCUT2D eigenvalue weighted by molar-refractivity contribution is 6.03. The summed E-state index contributed by atoms with van der Waals surface area (Å²) in [5.41, 5.74) is 8.79. The summed E-state index contributed by atoms with van der Waals surface area (Å²) in [5.74, 6) is 1.69. The minimum atomic E-state index is 0.289. The molecular weight excluding hydrogens is 338 g/mol. The molecule has 2 aliphatic rings. The van der Waals surface area contributed by atoms with Crippen molar-refractivity contribution < 1.29 is 0 Å². The summed E-state index contributed by atoms with van der Waals surface area (Å²) in [4.78, 5) is 5.33. The van der Waals surface area contributed by atoms with Gasteiger partial charge < -0.3 is 0 Å². The lowest BCUT2D eigenvalue weighted by Crippen LogP contribution is -2.30. The van der Waals surface area contributed by atoms with Crippen molar-refractivity contribution in [3.8, 4) is 0 Å². The third kappa shape index (κ3) is 3.53. The summed E-state index contributed by atoms with van der Waals surface area (Å²) in [6.45, 7) is 21.2. The van der Waals surface area contributed by atoms with Crippen LogP contribution in [0.3, 0.4) is 0 Å². The van der Waals surface area contributed by atoms with Crippen LogP contribution in [-0.2, 0) is 0 Å². The quantitative estimate of drug-likeness (QED) is 0.475. The zero-order chi connectivity index (χ0) is 20.9. The van der Waals surface area contributed by atoms with Crippen molar-refractivity contribution >= 4 is 5.71 Å². The lowest BCUT2D eigenvalue weighted by molar-refractivity contribution is 0.144. The third-order valence-electron chi connectivity index (χ3n) is 7.54. The van der Waals surface area contributed by atoms with Gasteiger partial charge in [-0.3, -0.25) is 4.99 Å². The fourth-order valence-electron chi connectivity index (χ4n) is 5.56. The van der Waals surface area contributed by atoms with Crippen LogP contribution in [0.25, 0.3) is 0 Å². The lowest BCUT2D eigenvalue weighted by atomic mass is 9.67. The van der Waals surface area contributed by atoms with E-state index in [1.165, 1.54) is 34.5 Å². The standard InChI is InChI=1S/C27H39N/c1-17(2)25(21-13-11-10-12-19(21)5)28-24-15-23-22(14-20(24)6)26(7,8)16-27(23,9)18(3)4/h10-14,17-18,23H,15-16H2,1-9H3. The lowest BCUT2D eigenvalue weighted by Gasteiger charge is -2.38. The topological polar surface area (TPSA) is 12.4 Å². The van der Waals surface area contributed by atoms with Crippen molar-refractivity contribution in [1.82, 2.24) is 0 Å². The first kappa shape index (κ1) is 21.1. The molecule has 0 aliphatic heterocycles. The van der Waals surface area contributed by atoms with E-state index < -0.39 is 0 Å². The van der Waals surface area contributed by atoms with Gasteiger partial charge in [0, 0.05) is 5.70 Å². The van der Waals surface area contributed by atoms with E-state index in [0.717, 1.165) is 6.42 Å². The highest BCUT2D eigenvalue weighted by Gasteiger charge is 2.53. The summed E-state index contributed by atoms with van der Waals surface area (Å²) in [7, 11) is 0. The van der Waals surface area contributed by atoms with Gasteiger partial charge in [-0.2, -0.15) is 0 Å². The molecular formula is C27H39N. The van der Waals surface area contributed by atoms with E-state index in [1.54, 1.807) is 5.57 Å². The summed E-state index contributed by atoms with van der Waals surface area (Å²) in [5, 5.41) is 0. The molecule has 2 aliphatic carbocycles. The molecule has 1 aromatic rings. The highest BCUT2D eigenvalue weighted by Crippen LogP contribution is 2.62. The Morgan fingerprint density at radius 1 is 1.04 bits per heavy atom. The van der Waals surface area contributed by atoms with E-state index in [0.29, 0.717) is 23.2 Å². The van der Waals surface area contributed by atoms with Crippen molar-refractivity contribution in [3.05, 3.63) is 58.3 Å². The van der Waals surface area contributed by atoms with Crippen LogP contribution in [0, 0.1) is 35.5 Å². The third-order valence-corrected chi connectivity index (χ3v) is 7.54. The van der Waals surface area contributed by atoms with Crippen LogP contribution in [0.15, 0.2) is 52.2 Å². The van der Waals surface area contributed by atoms with Gasteiger partial charge in [0.15, 0.2) is 0 Å². The first-order chi connectivity index (χ1) is 13.0. The van der Waals surface area contributed by atoms with Gasteiger partial charge in [0.05, 0.1) is 5.71 Å². The van der Waals surface area contributed by atoms with Crippen LogP contribution in [0.1, 0.15) is 79.4 Å². The Kier molecular flexibility index (Phi) is 5.51. The second kappa shape index (κ2) is 7.32. The molecule has 0 spiro atoms. The van der Waals surface area contributed by atoms with Crippen LogP contribution in [0.5, 0.6) is 0 Å². The van der Waals surface area contributed by atoms with E-state index in [2.05, 4.69) is 92.7 Å². The van der Waals surface area contributed by atoms with E-state index >= 15 is 0 Å². The molecule has 152 valence electrons. The monoisotopic (exact) mass is 377 g/mol. The number of aliphatic imine (C=N–C) groups is 1. The molecule has 2 unspecified atom stereocenters. The Morgan fingerprint density at radius 2 is 1.68 bits per heavy atom. The Labute approximate surface area is 173 Å². The first-order valence-corrected chi connectivity index (χ1v) is 11.0. The predicted molar refractivity (Wildman–Crippen MR) is 123 cm³/mol. The number of hydrogen-bond donors (Lipinski definition) is 0. The van der Waals surface area contributed by atoms with Gasteiger partial charge in [-0.15, -0.1) is 0 Å². The van der Waals surface area contributed by atoms with E-state index in [1.807, 2.05) is 0 Å². The van der Waals surface area contributed by atoms with Gasteiger partial charge in [-0.25, -0.2) is 0 Å². The van der Waals surface area contributed by atoms with Gasteiger partial charge in [-0.05, 0) is 72.0 Å².